The number of hydrogen-bond donors (Lipinski definition) is 2. The summed E-state index contributed by atoms with van der Waals surface area (Å²) in [6, 6.07) is 17.5. The van der Waals surface area contributed by atoms with Crippen LogP contribution in [0.15, 0.2) is 72.4 Å². The van der Waals surface area contributed by atoms with Crippen LogP contribution in [0.1, 0.15) is 26.4 Å². The minimum Gasteiger partial charge on any atom is -0.369 e. The number of nitrogens with zero attached hydrogens (tertiary/aromatic N) is 3. The first-order valence-corrected chi connectivity index (χ1v) is 11.2. The highest BCUT2D eigenvalue weighted by atomic mass is 32.1. The van der Waals surface area contributed by atoms with E-state index in [1.165, 1.54) is 23.5 Å². The Hall–Kier alpha value is -4.09. The Morgan fingerprint density at radius 3 is 2.79 bits per heavy atom. The summed E-state index contributed by atoms with van der Waals surface area (Å²) in [6.45, 7) is 0.789. The molecular formula is C25H20FN5OS. The van der Waals surface area contributed by atoms with E-state index in [4.69, 9.17) is 0 Å². The lowest BCUT2D eigenvalue weighted by Crippen LogP contribution is -2.24. The molecule has 6 nitrogen and oxygen atoms in total. The number of benzene rings is 1. The molecule has 4 rings (SSSR count). The molecule has 0 atom stereocenters. The monoisotopic (exact) mass is 457 g/mol. The summed E-state index contributed by atoms with van der Waals surface area (Å²) in [5, 5.41) is 17.3. The predicted molar refractivity (Wildman–Crippen MR) is 126 cm³/mol. The molecule has 0 fully saturated rings. The van der Waals surface area contributed by atoms with Crippen LogP contribution in [0.2, 0.25) is 0 Å². The summed E-state index contributed by atoms with van der Waals surface area (Å²) in [5.74, 6) is -0.163. The van der Waals surface area contributed by atoms with Gasteiger partial charge in [0, 0.05) is 31.0 Å². The first-order chi connectivity index (χ1) is 16.1. The molecule has 0 aliphatic heterocycles. The molecule has 3 heterocycles. The zero-order chi connectivity index (χ0) is 23.0. The van der Waals surface area contributed by atoms with E-state index in [0.29, 0.717) is 41.5 Å². The van der Waals surface area contributed by atoms with Crippen LogP contribution in [-0.2, 0) is 13.0 Å². The highest BCUT2D eigenvalue weighted by Gasteiger charge is 2.16. The first kappa shape index (κ1) is 22.1. The fraction of sp³-hybridized carbons (Fsp3) is 0.120. The Kier molecular flexibility index (Phi) is 7.03. The number of hydrogen-bond acceptors (Lipinski definition) is 6. The minimum absolute atomic E-state index is 0.281. The molecular weight excluding hydrogens is 437 g/mol. The topological polar surface area (TPSA) is 90.7 Å². The fourth-order valence-electron chi connectivity index (χ4n) is 3.32. The average Bonchev–Trinajstić information content (AvgIpc) is 3.32. The molecule has 4 aromatic rings. The van der Waals surface area contributed by atoms with Gasteiger partial charge in [-0.15, -0.1) is 11.3 Å². The van der Waals surface area contributed by atoms with Crippen molar-refractivity contribution in [1.82, 2.24) is 15.3 Å². The molecule has 0 radical (unpaired) electrons. The van der Waals surface area contributed by atoms with Crippen molar-refractivity contribution < 1.29 is 9.18 Å². The van der Waals surface area contributed by atoms with Gasteiger partial charge in [-0.25, -0.2) is 9.37 Å². The number of halogens is 1. The van der Waals surface area contributed by atoms with Crippen molar-refractivity contribution in [2.75, 3.05) is 11.9 Å². The van der Waals surface area contributed by atoms with Gasteiger partial charge < -0.3 is 10.6 Å². The fourth-order valence-corrected chi connectivity index (χ4v) is 4.02. The average molecular weight is 458 g/mol. The van der Waals surface area contributed by atoms with Gasteiger partial charge in [-0.1, -0.05) is 18.2 Å². The maximum absolute atomic E-state index is 13.5. The Balaban J connectivity index is 1.56. The SMILES string of the molecule is N#Cc1sccc1-c1ccc(C(=O)NCc2cccnc2)c(NCCc2cccc(F)c2)n1. The number of amides is 1. The van der Waals surface area contributed by atoms with Crippen molar-refractivity contribution >= 4 is 23.1 Å². The van der Waals surface area contributed by atoms with E-state index in [1.807, 2.05) is 29.6 Å². The van der Waals surface area contributed by atoms with Crippen LogP contribution in [0.5, 0.6) is 0 Å². The standard InChI is InChI=1S/C25H20FN5OS/c26-19-5-1-3-17(13-19)8-11-29-24-21(25(32)30-16-18-4-2-10-28-15-18)6-7-22(31-24)20-9-12-33-23(20)14-27/h1-7,9-10,12-13,15H,8,11,16H2,(H,29,31)(H,30,32). The van der Waals surface area contributed by atoms with Gasteiger partial charge in [-0.3, -0.25) is 9.78 Å². The van der Waals surface area contributed by atoms with Gasteiger partial charge >= 0.3 is 0 Å². The van der Waals surface area contributed by atoms with Gasteiger partial charge in [0.15, 0.2) is 0 Å². The molecule has 0 unspecified atom stereocenters. The highest BCUT2D eigenvalue weighted by Crippen LogP contribution is 2.28. The van der Waals surface area contributed by atoms with Crippen LogP contribution in [-0.4, -0.2) is 22.4 Å². The van der Waals surface area contributed by atoms with Crippen molar-refractivity contribution in [3.63, 3.8) is 0 Å². The molecule has 0 saturated carbocycles. The van der Waals surface area contributed by atoms with Crippen molar-refractivity contribution in [1.29, 1.82) is 5.26 Å². The lowest BCUT2D eigenvalue weighted by molar-refractivity contribution is 0.0951. The first-order valence-electron chi connectivity index (χ1n) is 10.3. The normalized spacial score (nSPS) is 10.4. The molecule has 0 aliphatic rings. The van der Waals surface area contributed by atoms with Crippen LogP contribution in [0.3, 0.4) is 0 Å². The van der Waals surface area contributed by atoms with Crippen LogP contribution < -0.4 is 10.6 Å². The van der Waals surface area contributed by atoms with Crippen molar-refractivity contribution in [3.05, 3.63) is 99.8 Å². The van der Waals surface area contributed by atoms with E-state index >= 15 is 0 Å². The molecule has 164 valence electrons. The van der Waals surface area contributed by atoms with Crippen LogP contribution in [0, 0.1) is 17.1 Å². The Morgan fingerprint density at radius 1 is 1.12 bits per heavy atom. The van der Waals surface area contributed by atoms with E-state index < -0.39 is 0 Å². The molecule has 1 aromatic carbocycles. The van der Waals surface area contributed by atoms with Crippen LogP contribution >= 0.6 is 11.3 Å². The summed E-state index contributed by atoms with van der Waals surface area (Å²) < 4.78 is 13.5. The lowest BCUT2D eigenvalue weighted by Gasteiger charge is -2.13. The number of pyridine rings is 2. The van der Waals surface area contributed by atoms with E-state index in [2.05, 4.69) is 26.7 Å². The van der Waals surface area contributed by atoms with Crippen LogP contribution in [0.25, 0.3) is 11.3 Å². The number of carbonyl (C=O) groups is 1. The third kappa shape index (κ3) is 5.59. The second kappa shape index (κ2) is 10.5. The molecule has 1 amide bonds. The van der Waals surface area contributed by atoms with E-state index in [-0.39, 0.29) is 11.7 Å². The third-order valence-corrected chi connectivity index (χ3v) is 5.77. The number of nitrogens with one attached hydrogen (secondary N) is 2. The number of rotatable bonds is 8. The summed E-state index contributed by atoms with van der Waals surface area (Å²) in [5.41, 5.74) is 3.43. The second-order valence-corrected chi connectivity index (χ2v) is 8.13. The van der Waals surface area contributed by atoms with Crippen molar-refractivity contribution in [2.24, 2.45) is 0 Å². The molecule has 2 N–H and O–H groups in total. The zero-order valence-corrected chi connectivity index (χ0v) is 18.4. The zero-order valence-electron chi connectivity index (χ0n) is 17.6. The van der Waals surface area contributed by atoms with Crippen LogP contribution in [0.4, 0.5) is 10.2 Å². The summed E-state index contributed by atoms with van der Waals surface area (Å²) in [6.07, 6.45) is 3.93. The quantitative estimate of drug-likeness (QED) is 0.397. The maximum atomic E-state index is 13.5. The van der Waals surface area contributed by atoms with Gasteiger partial charge in [0.05, 0.1) is 11.3 Å². The smallest absolute Gasteiger partial charge is 0.255 e. The molecule has 8 heteroatoms. The number of anilines is 1. The third-order valence-electron chi connectivity index (χ3n) is 4.95. The van der Waals surface area contributed by atoms with E-state index in [1.54, 1.807) is 30.6 Å². The largest absolute Gasteiger partial charge is 0.369 e. The van der Waals surface area contributed by atoms with Crippen molar-refractivity contribution in [3.8, 4) is 17.3 Å². The van der Waals surface area contributed by atoms with Gasteiger partial charge in [-0.05, 0) is 59.3 Å². The second-order valence-electron chi connectivity index (χ2n) is 7.22. The minimum atomic E-state index is -0.287. The number of carbonyl (C=O) groups excluding carboxylic acids is 1. The van der Waals surface area contributed by atoms with Gasteiger partial charge in [0.25, 0.3) is 5.91 Å². The lowest BCUT2D eigenvalue weighted by atomic mass is 10.1. The number of thiophene rings is 1. The summed E-state index contributed by atoms with van der Waals surface area (Å²) in [4.78, 5) is 22.2. The van der Waals surface area contributed by atoms with E-state index in [0.717, 1.165) is 16.7 Å². The molecule has 0 saturated heterocycles. The van der Waals surface area contributed by atoms with E-state index in [9.17, 15) is 14.4 Å². The summed E-state index contributed by atoms with van der Waals surface area (Å²) >= 11 is 1.34. The Labute approximate surface area is 194 Å². The van der Waals surface area contributed by atoms with Gasteiger partial charge in [-0.2, -0.15) is 5.26 Å². The molecule has 33 heavy (non-hydrogen) atoms. The molecule has 0 bridgehead atoms. The van der Waals surface area contributed by atoms with Gasteiger partial charge in [0.2, 0.25) is 0 Å². The molecule has 0 spiro atoms. The summed E-state index contributed by atoms with van der Waals surface area (Å²) in [7, 11) is 0. The van der Waals surface area contributed by atoms with Gasteiger partial charge in [0.1, 0.15) is 22.6 Å². The number of nitriles is 1. The Bertz CT molecular complexity index is 1300. The molecule has 3 aromatic heterocycles. The maximum Gasteiger partial charge on any atom is 0.255 e. The highest BCUT2D eigenvalue weighted by molar-refractivity contribution is 7.11. The Morgan fingerprint density at radius 2 is 2.00 bits per heavy atom. The van der Waals surface area contributed by atoms with Crippen molar-refractivity contribution in [2.45, 2.75) is 13.0 Å². The molecule has 0 aliphatic carbocycles. The number of aromatic nitrogens is 2. The predicted octanol–water partition coefficient (Wildman–Crippen LogP) is 4.80.